The number of H-pyrrole nitrogens is 1. The third-order valence-corrected chi connectivity index (χ3v) is 5.64. The number of ether oxygens (including phenoxy) is 1. The fourth-order valence-electron chi connectivity index (χ4n) is 3.86. The number of rotatable bonds is 5. The highest BCUT2D eigenvalue weighted by Gasteiger charge is 2.38. The van der Waals surface area contributed by atoms with E-state index in [0.717, 1.165) is 63.4 Å². The maximum atomic E-state index is 12.6. The lowest BCUT2D eigenvalue weighted by molar-refractivity contribution is -0.192. The van der Waals surface area contributed by atoms with Crippen molar-refractivity contribution in [3.63, 3.8) is 0 Å². The van der Waals surface area contributed by atoms with E-state index in [4.69, 9.17) is 14.6 Å². The number of fused-ring (bicyclic) bond motifs is 1. The number of morpholine rings is 1. The number of nitrogens with one attached hydrogen (secondary N) is 2. The van der Waals surface area contributed by atoms with E-state index in [9.17, 15) is 18.0 Å². The van der Waals surface area contributed by atoms with Gasteiger partial charge in [0.15, 0.2) is 0 Å². The number of hydrogen-bond acceptors (Lipinski definition) is 5. The number of aromatic nitrogens is 2. The summed E-state index contributed by atoms with van der Waals surface area (Å²) in [7, 11) is 0. The maximum absolute atomic E-state index is 12.6. The normalized spacial score (nSPS) is 18.6. The Labute approximate surface area is 189 Å². The number of aryl methyl sites for hydroxylation is 1. The van der Waals surface area contributed by atoms with Crippen molar-refractivity contribution in [2.24, 2.45) is 5.92 Å². The average molecular weight is 468 g/mol. The first kappa shape index (κ1) is 24.7. The molecule has 3 N–H and O–H groups in total. The van der Waals surface area contributed by atoms with Gasteiger partial charge in [-0.05, 0) is 19.3 Å². The summed E-state index contributed by atoms with van der Waals surface area (Å²) < 4.78 is 37.1. The van der Waals surface area contributed by atoms with Crippen LogP contribution in [0, 0.1) is 5.92 Å². The van der Waals surface area contributed by atoms with E-state index in [1.807, 2.05) is 18.2 Å². The Morgan fingerprint density at radius 1 is 1.21 bits per heavy atom. The largest absolute Gasteiger partial charge is 0.490 e. The summed E-state index contributed by atoms with van der Waals surface area (Å²) >= 11 is 0. The van der Waals surface area contributed by atoms with Gasteiger partial charge in [-0.1, -0.05) is 30.3 Å². The first-order valence-electron chi connectivity index (χ1n) is 10.7. The lowest BCUT2D eigenvalue weighted by atomic mass is 9.85. The number of benzene rings is 1. The van der Waals surface area contributed by atoms with Crippen LogP contribution < -0.4 is 5.32 Å². The van der Waals surface area contributed by atoms with Crippen LogP contribution in [-0.2, 0) is 27.2 Å². The van der Waals surface area contributed by atoms with E-state index >= 15 is 0 Å². The molecule has 4 rings (SSSR count). The molecule has 2 aromatic rings. The number of carboxylic acids is 1. The molecule has 180 valence electrons. The van der Waals surface area contributed by atoms with Gasteiger partial charge in [0, 0.05) is 48.9 Å². The first-order chi connectivity index (χ1) is 15.8. The highest BCUT2D eigenvalue weighted by atomic mass is 19.4. The van der Waals surface area contributed by atoms with Gasteiger partial charge in [0.05, 0.1) is 18.9 Å². The van der Waals surface area contributed by atoms with Gasteiger partial charge < -0.3 is 15.2 Å². The third-order valence-electron chi connectivity index (χ3n) is 5.64. The number of hydrogen-bond donors (Lipinski definition) is 3. The molecule has 1 amide bonds. The van der Waals surface area contributed by atoms with Crippen molar-refractivity contribution in [3.8, 4) is 11.3 Å². The highest BCUT2D eigenvalue weighted by Crippen LogP contribution is 2.32. The van der Waals surface area contributed by atoms with Crippen LogP contribution in [0.4, 0.5) is 13.2 Å². The molecule has 1 atom stereocenters. The van der Waals surface area contributed by atoms with Gasteiger partial charge in [-0.15, -0.1) is 0 Å². The number of aliphatic carboxylic acids is 1. The lowest BCUT2D eigenvalue weighted by Gasteiger charge is -2.27. The first-order valence-corrected chi connectivity index (χ1v) is 10.7. The molecule has 0 radical (unpaired) electrons. The standard InChI is InChI=1S/C20H26N4O2.C2HF3O2/c25-20(21-8-9-24-10-12-26-13-11-24)16-6-7-18-17(14-16)19(23-22-18)15-4-2-1-3-5-15;3-2(4,5)1(6)7/h1-5,16H,6-14H2,(H,21,25)(H,22,23);(H,6,7). The van der Waals surface area contributed by atoms with E-state index in [1.165, 1.54) is 11.3 Å². The summed E-state index contributed by atoms with van der Waals surface area (Å²) in [5.74, 6) is -2.55. The Bertz CT molecular complexity index is 927. The van der Waals surface area contributed by atoms with Gasteiger partial charge in [0.2, 0.25) is 5.91 Å². The molecule has 0 saturated carbocycles. The number of aromatic amines is 1. The lowest BCUT2D eigenvalue weighted by Crippen LogP contribution is -2.43. The molecule has 1 aliphatic heterocycles. The van der Waals surface area contributed by atoms with Gasteiger partial charge in [0.1, 0.15) is 0 Å². The van der Waals surface area contributed by atoms with Crippen LogP contribution in [0.2, 0.25) is 0 Å². The van der Waals surface area contributed by atoms with Crippen LogP contribution in [0.25, 0.3) is 11.3 Å². The third kappa shape index (κ3) is 7.03. The number of nitrogens with zero attached hydrogens (tertiary/aromatic N) is 2. The molecule has 0 bridgehead atoms. The quantitative estimate of drug-likeness (QED) is 0.622. The Kier molecular flexibility index (Phi) is 8.45. The molecule has 2 aliphatic rings. The van der Waals surface area contributed by atoms with Crippen LogP contribution in [0.1, 0.15) is 17.7 Å². The number of alkyl halides is 3. The topological polar surface area (TPSA) is 108 Å². The number of carbonyl (C=O) groups is 2. The van der Waals surface area contributed by atoms with Gasteiger partial charge in [-0.25, -0.2) is 4.79 Å². The summed E-state index contributed by atoms with van der Waals surface area (Å²) in [5, 5.41) is 17.9. The number of carboxylic acid groups (broad SMARTS) is 1. The zero-order chi connectivity index (χ0) is 23.8. The second-order valence-corrected chi connectivity index (χ2v) is 7.88. The molecule has 2 heterocycles. The predicted molar refractivity (Wildman–Crippen MR) is 113 cm³/mol. The van der Waals surface area contributed by atoms with Gasteiger partial charge in [-0.3, -0.25) is 14.8 Å². The van der Waals surface area contributed by atoms with Crippen molar-refractivity contribution in [1.82, 2.24) is 20.4 Å². The van der Waals surface area contributed by atoms with Gasteiger partial charge in [0.25, 0.3) is 0 Å². The Morgan fingerprint density at radius 2 is 1.88 bits per heavy atom. The fourth-order valence-corrected chi connectivity index (χ4v) is 3.86. The van der Waals surface area contributed by atoms with Crippen molar-refractivity contribution >= 4 is 11.9 Å². The smallest absolute Gasteiger partial charge is 0.475 e. The van der Waals surface area contributed by atoms with E-state index in [-0.39, 0.29) is 11.8 Å². The van der Waals surface area contributed by atoms with Crippen molar-refractivity contribution in [3.05, 3.63) is 41.6 Å². The van der Waals surface area contributed by atoms with E-state index in [0.29, 0.717) is 6.54 Å². The Balaban J connectivity index is 0.000000383. The predicted octanol–water partition coefficient (Wildman–Crippen LogP) is 2.26. The second-order valence-electron chi connectivity index (χ2n) is 7.88. The zero-order valence-corrected chi connectivity index (χ0v) is 18.0. The molecule has 1 aromatic heterocycles. The van der Waals surface area contributed by atoms with Gasteiger partial charge >= 0.3 is 12.1 Å². The fraction of sp³-hybridized carbons (Fsp3) is 0.500. The molecular weight excluding hydrogens is 441 g/mol. The Morgan fingerprint density at radius 3 is 2.52 bits per heavy atom. The van der Waals surface area contributed by atoms with Crippen molar-refractivity contribution < 1.29 is 32.6 Å². The van der Waals surface area contributed by atoms with Crippen molar-refractivity contribution in [2.45, 2.75) is 25.4 Å². The second kappa shape index (κ2) is 11.3. The van der Waals surface area contributed by atoms with Gasteiger partial charge in [-0.2, -0.15) is 18.3 Å². The Hall–Kier alpha value is -2.92. The number of halogens is 3. The minimum atomic E-state index is -5.08. The zero-order valence-electron chi connectivity index (χ0n) is 18.0. The summed E-state index contributed by atoms with van der Waals surface area (Å²) in [6.45, 7) is 5.10. The van der Waals surface area contributed by atoms with Crippen LogP contribution in [0.5, 0.6) is 0 Å². The minimum Gasteiger partial charge on any atom is -0.475 e. The maximum Gasteiger partial charge on any atom is 0.490 e. The number of amides is 1. The minimum absolute atomic E-state index is 0.0345. The van der Waals surface area contributed by atoms with Crippen LogP contribution >= 0.6 is 0 Å². The summed E-state index contributed by atoms with van der Waals surface area (Å²) in [4.78, 5) is 23.9. The van der Waals surface area contributed by atoms with Crippen LogP contribution in [0.3, 0.4) is 0 Å². The summed E-state index contributed by atoms with van der Waals surface area (Å²) in [5.41, 5.74) is 4.49. The molecular formula is C22H27F3N4O4. The molecule has 1 unspecified atom stereocenters. The molecule has 0 spiro atoms. The van der Waals surface area contributed by atoms with Crippen LogP contribution in [-0.4, -0.2) is 77.6 Å². The molecule has 1 aliphatic carbocycles. The molecule has 1 aromatic carbocycles. The van der Waals surface area contributed by atoms with E-state index < -0.39 is 12.1 Å². The SMILES string of the molecule is O=C(NCCN1CCOCC1)C1CCc2[nH]nc(-c3ccccc3)c2C1.O=C(O)C(F)(F)F. The summed E-state index contributed by atoms with van der Waals surface area (Å²) in [6, 6.07) is 10.2. The van der Waals surface area contributed by atoms with Crippen LogP contribution in [0.15, 0.2) is 30.3 Å². The van der Waals surface area contributed by atoms with E-state index in [1.54, 1.807) is 0 Å². The molecule has 1 fully saturated rings. The molecule has 11 heteroatoms. The monoisotopic (exact) mass is 468 g/mol. The molecule has 8 nitrogen and oxygen atoms in total. The van der Waals surface area contributed by atoms with Crippen molar-refractivity contribution in [1.29, 1.82) is 0 Å². The molecule has 33 heavy (non-hydrogen) atoms. The summed E-state index contributed by atoms with van der Waals surface area (Å²) in [6.07, 6.45) is -2.55. The van der Waals surface area contributed by atoms with E-state index in [2.05, 4.69) is 32.5 Å². The number of carbonyl (C=O) groups excluding carboxylic acids is 1. The average Bonchev–Trinajstić information content (AvgIpc) is 3.23. The van der Waals surface area contributed by atoms with Crippen molar-refractivity contribution in [2.75, 3.05) is 39.4 Å². The molecule has 1 saturated heterocycles. The highest BCUT2D eigenvalue weighted by molar-refractivity contribution is 5.80.